The molecule has 2 rings (SSSR count). The summed E-state index contributed by atoms with van der Waals surface area (Å²) in [5, 5.41) is 1.45. The first-order valence-electron chi connectivity index (χ1n) is 13.0. The van der Waals surface area contributed by atoms with Gasteiger partial charge in [0, 0.05) is 0 Å². The van der Waals surface area contributed by atoms with Gasteiger partial charge in [-0.25, -0.2) is 8.42 Å². The molecular weight excluding hydrogens is 570 g/mol. The van der Waals surface area contributed by atoms with Gasteiger partial charge >= 0.3 is 48.9 Å². The van der Waals surface area contributed by atoms with E-state index in [1.807, 2.05) is 12.1 Å². The molecule has 0 amide bonds. The van der Waals surface area contributed by atoms with E-state index in [0.29, 0.717) is 5.39 Å². The van der Waals surface area contributed by atoms with Crippen molar-refractivity contribution < 1.29 is 18.4 Å². The molecule has 4 nitrogen and oxygen atoms in total. The number of hydrogen-bond acceptors (Lipinski definition) is 4. The van der Waals surface area contributed by atoms with Crippen LogP contribution in [0.15, 0.2) is 35.2 Å². The van der Waals surface area contributed by atoms with Crippen LogP contribution in [-0.4, -0.2) is 67.3 Å². The largest absolute Gasteiger partial charge is 2.00 e. The molecule has 6 heteroatoms. The molecule has 0 aromatic heterocycles. The minimum Gasteiger partial charge on any atom is -0.870 e. The van der Waals surface area contributed by atoms with Gasteiger partial charge in [0.15, 0.2) is 0 Å². The van der Waals surface area contributed by atoms with Gasteiger partial charge in [-0.2, -0.15) is 0 Å². The second-order valence-corrected chi connectivity index (χ2v) is 10.7. The summed E-state index contributed by atoms with van der Waals surface area (Å²) in [7, 11) is -4.50. The van der Waals surface area contributed by atoms with Crippen LogP contribution in [0.5, 0.6) is 0 Å². The maximum absolute atomic E-state index is 12.0. The van der Waals surface area contributed by atoms with Gasteiger partial charge in [0.05, 0.1) is 4.90 Å². The molecule has 0 aliphatic heterocycles. The molecule has 0 saturated carbocycles. The number of hydrogen-bond donors (Lipinski definition) is 0. The molecule has 188 valence electrons. The normalized spacial score (nSPS) is 11.3. The molecule has 0 aliphatic carbocycles. The topological polar surface area (TPSA) is 87.2 Å². The Kier molecular flexibility index (Phi) is 19.4. The molecule has 0 saturated heterocycles. The molecule has 0 atom stereocenters. The Morgan fingerprint density at radius 3 is 1.62 bits per heavy atom. The van der Waals surface area contributed by atoms with Crippen LogP contribution in [0.25, 0.3) is 10.8 Å². The molecule has 0 fully saturated rings. The maximum Gasteiger partial charge on any atom is 2.00 e. The van der Waals surface area contributed by atoms with Gasteiger partial charge in [0.25, 0.3) is 0 Å². The van der Waals surface area contributed by atoms with Crippen LogP contribution in [0.1, 0.15) is 115 Å². The standard InChI is InChI=1S/C28H44O3S.Ba.H2O/c1-3-5-7-9-11-13-15-17-24-19-20-26-21-25(18-16-14-12-10-8-6-4-2)23-28(27(26)22-24)32(29,30)31;;/h19-23H,3-18H2,1-2H3,(H,29,30,31);;1H2/q;+2;/p-2. The maximum atomic E-state index is 12.0. The van der Waals surface area contributed by atoms with Crippen LogP contribution >= 0.6 is 0 Å². The average molecular weight is 614 g/mol. The van der Waals surface area contributed by atoms with E-state index in [2.05, 4.69) is 26.0 Å². The van der Waals surface area contributed by atoms with Crippen LogP contribution in [0.4, 0.5) is 0 Å². The van der Waals surface area contributed by atoms with Gasteiger partial charge in [-0.1, -0.05) is 109 Å². The molecule has 0 aliphatic rings. The van der Waals surface area contributed by atoms with Crippen molar-refractivity contribution in [3.05, 3.63) is 41.5 Å². The molecule has 2 aromatic rings. The van der Waals surface area contributed by atoms with Crippen LogP contribution in [0, 0.1) is 0 Å². The Bertz CT molecular complexity index is 912. The summed E-state index contributed by atoms with van der Waals surface area (Å²) < 4.78 is 36.1. The van der Waals surface area contributed by atoms with E-state index in [9.17, 15) is 13.0 Å². The predicted octanol–water partition coefficient (Wildman–Crippen LogP) is 7.77. The molecule has 2 aromatic carbocycles. The van der Waals surface area contributed by atoms with Crippen molar-refractivity contribution in [3.63, 3.8) is 0 Å². The van der Waals surface area contributed by atoms with Gasteiger partial charge < -0.3 is 10.0 Å². The molecule has 34 heavy (non-hydrogen) atoms. The fraction of sp³-hybridized carbons (Fsp3) is 0.643. The van der Waals surface area contributed by atoms with Gasteiger partial charge in [0.2, 0.25) is 0 Å². The van der Waals surface area contributed by atoms with Crippen LogP contribution in [0.3, 0.4) is 0 Å². The molecule has 0 heterocycles. The van der Waals surface area contributed by atoms with E-state index >= 15 is 0 Å². The minimum absolute atomic E-state index is 0. The van der Waals surface area contributed by atoms with Crippen LogP contribution in [0.2, 0.25) is 0 Å². The van der Waals surface area contributed by atoms with Crippen molar-refractivity contribution >= 4 is 69.8 Å². The fourth-order valence-electron chi connectivity index (χ4n) is 4.51. The second kappa shape index (κ2) is 19.3. The SMILES string of the molecule is CCCCCCCCCc1cc(S(=O)(=O)[O-])c2cc(CCCCCCCCC)ccc2c1.[Ba+2].[OH-]. The van der Waals surface area contributed by atoms with E-state index in [1.54, 1.807) is 6.07 Å². The fourth-order valence-corrected chi connectivity index (χ4v) is 5.25. The summed E-state index contributed by atoms with van der Waals surface area (Å²) in [4.78, 5) is -0.0469. The van der Waals surface area contributed by atoms with Gasteiger partial charge in [-0.3, -0.25) is 0 Å². The van der Waals surface area contributed by atoms with Crippen LogP contribution < -0.4 is 0 Å². The van der Waals surface area contributed by atoms with Crippen molar-refractivity contribution in [3.8, 4) is 0 Å². The number of aryl methyl sites for hydroxylation is 2. The Morgan fingerprint density at radius 2 is 1.12 bits per heavy atom. The first-order valence-corrected chi connectivity index (χ1v) is 14.4. The minimum atomic E-state index is -4.50. The third-order valence-electron chi connectivity index (χ3n) is 6.45. The third kappa shape index (κ3) is 12.9. The van der Waals surface area contributed by atoms with Crippen molar-refractivity contribution in [2.45, 2.75) is 121 Å². The quantitative estimate of drug-likeness (QED) is 0.104. The zero-order valence-electron chi connectivity index (χ0n) is 21.5. The molecule has 0 unspecified atom stereocenters. The van der Waals surface area contributed by atoms with Crippen molar-refractivity contribution in [1.29, 1.82) is 0 Å². The number of unbranched alkanes of at least 4 members (excludes halogenated alkanes) is 12. The monoisotopic (exact) mass is 614 g/mol. The van der Waals surface area contributed by atoms with Gasteiger partial charge in [0.1, 0.15) is 10.1 Å². The average Bonchev–Trinajstić information content (AvgIpc) is 2.76. The molecule has 1 N–H and O–H groups in total. The van der Waals surface area contributed by atoms with E-state index in [4.69, 9.17) is 0 Å². The Hall–Kier alpha value is 0.141. The molecule has 0 spiro atoms. The van der Waals surface area contributed by atoms with Crippen molar-refractivity contribution in [1.82, 2.24) is 0 Å². The molecular formula is C28H44BaO4S. The Labute approximate surface area is 248 Å². The zero-order valence-corrected chi connectivity index (χ0v) is 26.7. The van der Waals surface area contributed by atoms with E-state index in [0.717, 1.165) is 48.6 Å². The van der Waals surface area contributed by atoms with Crippen molar-refractivity contribution in [2.24, 2.45) is 0 Å². The molecule has 0 radical (unpaired) electrons. The summed E-state index contributed by atoms with van der Waals surface area (Å²) in [5.74, 6) is 0. The third-order valence-corrected chi connectivity index (χ3v) is 7.32. The second-order valence-electron chi connectivity index (χ2n) is 9.35. The number of benzene rings is 2. The van der Waals surface area contributed by atoms with Gasteiger partial charge in [-0.15, -0.1) is 0 Å². The zero-order chi connectivity index (χ0) is 23.2. The Morgan fingerprint density at radius 1 is 0.647 bits per heavy atom. The van der Waals surface area contributed by atoms with Crippen LogP contribution in [-0.2, 0) is 23.0 Å². The van der Waals surface area contributed by atoms with E-state index < -0.39 is 10.1 Å². The predicted molar refractivity (Wildman–Crippen MR) is 143 cm³/mol. The summed E-state index contributed by atoms with van der Waals surface area (Å²) in [6.07, 6.45) is 19.1. The van der Waals surface area contributed by atoms with Gasteiger partial charge in [-0.05, 0) is 59.7 Å². The number of rotatable bonds is 17. The molecule has 0 bridgehead atoms. The Balaban J connectivity index is 0.00000544. The van der Waals surface area contributed by atoms with Crippen molar-refractivity contribution in [2.75, 3.05) is 0 Å². The van der Waals surface area contributed by atoms with E-state index in [1.165, 1.54) is 70.6 Å². The smallest absolute Gasteiger partial charge is 0.870 e. The summed E-state index contributed by atoms with van der Waals surface area (Å²) in [6.45, 7) is 4.45. The summed E-state index contributed by atoms with van der Waals surface area (Å²) >= 11 is 0. The summed E-state index contributed by atoms with van der Waals surface area (Å²) in [5.41, 5.74) is 2.08. The first-order chi connectivity index (χ1) is 15.5. The number of fused-ring (bicyclic) bond motifs is 1. The first kappa shape index (κ1) is 34.1. The van der Waals surface area contributed by atoms with E-state index in [-0.39, 0.29) is 59.3 Å². The summed E-state index contributed by atoms with van der Waals surface area (Å²) in [6, 6.07) is 9.71.